The van der Waals surface area contributed by atoms with Crippen molar-refractivity contribution < 1.29 is 4.39 Å². The van der Waals surface area contributed by atoms with Crippen LogP contribution in [0, 0.1) is 6.08 Å². The van der Waals surface area contributed by atoms with Gasteiger partial charge in [0.25, 0.3) is 0 Å². The summed E-state index contributed by atoms with van der Waals surface area (Å²) in [4.78, 5) is 12.8. The molecule has 1 heterocycles. The summed E-state index contributed by atoms with van der Waals surface area (Å²) < 4.78 is 12.9. The summed E-state index contributed by atoms with van der Waals surface area (Å²) in [5.74, 6) is 0.321. The molecule has 0 aliphatic rings. The van der Waals surface area contributed by atoms with Crippen molar-refractivity contribution in [3.8, 4) is 0 Å². The number of nitrogens with zero attached hydrogens (tertiary/aromatic N) is 4. The average molecular weight is 218 g/mol. The second kappa shape index (κ2) is 4.65. The molecule has 0 amide bonds. The summed E-state index contributed by atoms with van der Waals surface area (Å²) in [7, 11) is 0. The Bertz CT molecular complexity index is 461. The van der Waals surface area contributed by atoms with Gasteiger partial charge in [0.05, 0.1) is 0 Å². The number of hydrogen-bond acceptors (Lipinski definition) is 4. The van der Waals surface area contributed by atoms with Crippen LogP contribution in [0.15, 0.2) is 36.7 Å². The molecule has 1 aromatic heterocycles. The molecule has 0 unspecified atom stereocenters. The fraction of sp³-hybridized carbons (Fsp3) is 0.182. The zero-order valence-corrected chi connectivity index (χ0v) is 8.84. The number of hydrogen-bond donors (Lipinski definition) is 0. The van der Waals surface area contributed by atoms with Crippen LogP contribution in [0.4, 0.5) is 16.0 Å². The van der Waals surface area contributed by atoms with Gasteiger partial charge in [-0.25, -0.2) is 4.98 Å². The van der Waals surface area contributed by atoms with Gasteiger partial charge in [-0.2, -0.15) is 14.4 Å². The Hall–Kier alpha value is -2.04. The zero-order valence-electron chi connectivity index (χ0n) is 8.84. The van der Waals surface area contributed by atoms with Crippen LogP contribution in [-0.2, 0) is 0 Å². The molecule has 0 aliphatic heterocycles. The molecule has 0 spiro atoms. The molecule has 5 heteroatoms. The van der Waals surface area contributed by atoms with Crippen LogP contribution in [0.25, 0.3) is 0 Å². The number of anilines is 2. The molecule has 0 saturated heterocycles. The van der Waals surface area contributed by atoms with Crippen molar-refractivity contribution in [3.63, 3.8) is 0 Å². The van der Waals surface area contributed by atoms with Crippen molar-refractivity contribution in [1.82, 2.24) is 15.0 Å². The highest BCUT2D eigenvalue weighted by molar-refractivity contribution is 5.56. The van der Waals surface area contributed by atoms with Gasteiger partial charge < -0.3 is 4.90 Å². The van der Waals surface area contributed by atoms with E-state index in [1.807, 2.05) is 42.2 Å². The van der Waals surface area contributed by atoms with E-state index in [9.17, 15) is 4.39 Å². The summed E-state index contributed by atoms with van der Waals surface area (Å²) in [5.41, 5.74) is 0.926. The molecule has 0 aliphatic carbocycles. The Kier molecular flexibility index (Phi) is 3.05. The van der Waals surface area contributed by atoms with Crippen LogP contribution >= 0.6 is 0 Å². The van der Waals surface area contributed by atoms with E-state index in [0.717, 1.165) is 5.69 Å². The summed E-state index contributed by atoms with van der Waals surface area (Å²) in [5, 5.41) is 0. The predicted octanol–water partition coefficient (Wildman–Crippen LogP) is 2.17. The van der Waals surface area contributed by atoms with E-state index in [2.05, 4.69) is 15.0 Å². The molecule has 0 bridgehead atoms. The highest BCUT2D eigenvalue weighted by atomic mass is 19.1. The lowest BCUT2D eigenvalue weighted by atomic mass is 10.3. The maximum atomic E-state index is 12.9. The third kappa shape index (κ3) is 2.13. The number of benzene rings is 1. The molecular formula is C11H11FN4. The number of para-hydroxylation sites is 1. The maximum absolute atomic E-state index is 12.9. The topological polar surface area (TPSA) is 41.9 Å². The average Bonchev–Trinajstić information content (AvgIpc) is 2.31. The Balaban J connectivity index is 2.37. The summed E-state index contributed by atoms with van der Waals surface area (Å²) in [6.45, 7) is 2.61. The third-order valence-electron chi connectivity index (χ3n) is 2.16. The third-order valence-corrected chi connectivity index (χ3v) is 2.16. The van der Waals surface area contributed by atoms with Gasteiger partial charge in [-0.3, -0.25) is 0 Å². The van der Waals surface area contributed by atoms with Crippen molar-refractivity contribution in [3.05, 3.63) is 42.7 Å². The quantitative estimate of drug-likeness (QED) is 0.791. The maximum Gasteiger partial charge on any atom is 0.313 e. The molecule has 16 heavy (non-hydrogen) atoms. The molecule has 0 fully saturated rings. The predicted molar refractivity (Wildman–Crippen MR) is 58.9 cm³/mol. The summed E-state index contributed by atoms with van der Waals surface area (Å²) >= 11 is 0. The zero-order chi connectivity index (χ0) is 11.4. The fourth-order valence-electron chi connectivity index (χ4n) is 1.45. The smallest absolute Gasteiger partial charge is 0.311 e. The first-order valence-electron chi connectivity index (χ1n) is 4.98. The minimum absolute atomic E-state index is 0.321. The Labute approximate surface area is 92.8 Å². The molecule has 82 valence electrons. The van der Waals surface area contributed by atoms with E-state index in [4.69, 9.17) is 0 Å². The van der Waals surface area contributed by atoms with Crippen molar-refractivity contribution in [2.75, 3.05) is 11.4 Å². The van der Waals surface area contributed by atoms with Crippen molar-refractivity contribution in [2.45, 2.75) is 6.92 Å². The van der Waals surface area contributed by atoms with Crippen molar-refractivity contribution in [1.29, 1.82) is 0 Å². The van der Waals surface area contributed by atoms with Crippen LogP contribution < -0.4 is 4.90 Å². The van der Waals surface area contributed by atoms with E-state index < -0.39 is 6.08 Å². The molecule has 2 aromatic rings. The van der Waals surface area contributed by atoms with E-state index >= 15 is 0 Å². The van der Waals surface area contributed by atoms with Crippen LogP contribution in [0.3, 0.4) is 0 Å². The van der Waals surface area contributed by atoms with Gasteiger partial charge in [0.2, 0.25) is 5.95 Å². The monoisotopic (exact) mass is 218 g/mol. The second-order valence-corrected chi connectivity index (χ2v) is 3.13. The minimum atomic E-state index is -0.764. The van der Waals surface area contributed by atoms with Gasteiger partial charge in [0.15, 0.2) is 0 Å². The van der Waals surface area contributed by atoms with E-state index in [-0.39, 0.29) is 0 Å². The lowest BCUT2D eigenvalue weighted by Crippen LogP contribution is -2.19. The first-order valence-corrected chi connectivity index (χ1v) is 4.98. The SMILES string of the molecule is CCN(c1ccccc1)c1ncnc(F)n1. The number of aromatic nitrogens is 3. The molecule has 0 radical (unpaired) electrons. The minimum Gasteiger partial charge on any atom is -0.311 e. The molecule has 0 saturated carbocycles. The number of rotatable bonds is 3. The standard InChI is InChI=1S/C11H11FN4/c1-2-16(9-6-4-3-5-7-9)11-14-8-13-10(12)15-11/h3-8H,2H2,1H3. The van der Waals surface area contributed by atoms with Crippen LogP contribution in [-0.4, -0.2) is 21.5 Å². The van der Waals surface area contributed by atoms with Gasteiger partial charge in [0.1, 0.15) is 6.33 Å². The first-order chi connectivity index (χ1) is 7.81. The highest BCUT2D eigenvalue weighted by Crippen LogP contribution is 2.20. The van der Waals surface area contributed by atoms with Gasteiger partial charge in [0, 0.05) is 12.2 Å². The molecular weight excluding hydrogens is 207 g/mol. The van der Waals surface area contributed by atoms with Crippen LogP contribution in [0.5, 0.6) is 0 Å². The molecule has 4 nitrogen and oxygen atoms in total. The van der Waals surface area contributed by atoms with E-state index in [1.54, 1.807) is 0 Å². The Morgan fingerprint density at radius 2 is 1.94 bits per heavy atom. The largest absolute Gasteiger partial charge is 0.313 e. The molecule has 1 aromatic carbocycles. The summed E-state index contributed by atoms with van der Waals surface area (Å²) in [6, 6.07) is 9.59. The van der Waals surface area contributed by atoms with Crippen molar-refractivity contribution in [2.24, 2.45) is 0 Å². The van der Waals surface area contributed by atoms with Crippen LogP contribution in [0.1, 0.15) is 6.92 Å². The van der Waals surface area contributed by atoms with Crippen LogP contribution in [0.2, 0.25) is 0 Å². The van der Waals surface area contributed by atoms with Crippen molar-refractivity contribution >= 4 is 11.6 Å². The van der Waals surface area contributed by atoms with E-state index in [0.29, 0.717) is 12.5 Å². The van der Waals surface area contributed by atoms with E-state index in [1.165, 1.54) is 6.33 Å². The van der Waals surface area contributed by atoms with Gasteiger partial charge in [-0.1, -0.05) is 18.2 Å². The fourth-order valence-corrected chi connectivity index (χ4v) is 1.45. The molecule has 2 rings (SSSR count). The Morgan fingerprint density at radius 3 is 2.56 bits per heavy atom. The van der Waals surface area contributed by atoms with Gasteiger partial charge in [-0.15, -0.1) is 0 Å². The normalized spacial score (nSPS) is 10.1. The lowest BCUT2D eigenvalue weighted by molar-refractivity contribution is 0.532. The van der Waals surface area contributed by atoms with Gasteiger partial charge >= 0.3 is 6.08 Å². The first kappa shape index (κ1) is 10.5. The molecule has 0 atom stereocenters. The highest BCUT2D eigenvalue weighted by Gasteiger charge is 2.10. The van der Waals surface area contributed by atoms with Gasteiger partial charge in [-0.05, 0) is 19.1 Å². The molecule has 0 N–H and O–H groups in total. The second-order valence-electron chi connectivity index (χ2n) is 3.13. The number of halogens is 1. The summed E-state index contributed by atoms with van der Waals surface area (Å²) in [6.07, 6.45) is 0.405. The Morgan fingerprint density at radius 1 is 1.19 bits per heavy atom. The lowest BCUT2D eigenvalue weighted by Gasteiger charge is -2.20.